The van der Waals surface area contributed by atoms with Crippen LogP contribution in [0.2, 0.25) is 0 Å². The molecule has 5 heteroatoms. The Labute approximate surface area is 155 Å². The molecule has 2 aromatic carbocycles. The summed E-state index contributed by atoms with van der Waals surface area (Å²) in [6.45, 7) is 3.46. The minimum absolute atomic E-state index is 0.301. The molecule has 0 aromatic heterocycles. The number of nitrogens with zero attached hydrogens (tertiary/aromatic N) is 1. The molecule has 0 spiro atoms. The van der Waals surface area contributed by atoms with Gasteiger partial charge < -0.3 is 14.2 Å². The summed E-state index contributed by atoms with van der Waals surface area (Å²) in [5.41, 5.74) is 2.04. The first-order chi connectivity index (χ1) is 12.7. The lowest BCUT2D eigenvalue weighted by atomic mass is 10.1. The van der Waals surface area contributed by atoms with Crippen LogP contribution >= 0.6 is 0 Å². The molecule has 26 heavy (non-hydrogen) atoms. The van der Waals surface area contributed by atoms with Crippen LogP contribution in [0.4, 0.5) is 4.79 Å². The first-order valence-corrected chi connectivity index (χ1v) is 8.83. The van der Waals surface area contributed by atoms with E-state index >= 15 is 0 Å². The minimum Gasteiger partial charge on any atom is -0.497 e. The summed E-state index contributed by atoms with van der Waals surface area (Å²) in [6, 6.07) is 15.4. The van der Waals surface area contributed by atoms with E-state index in [0.717, 1.165) is 35.5 Å². The summed E-state index contributed by atoms with van der Waals surface area (Å²) in [5.74, 6) is 1.59. The molecule has 0 N–H and O–H groups in total. The quantitative estimate of drug-likeness (QED) is 0.613. The number of benzene rings is 2. The number of hydrogen-bond donors (Lipinski definition) is 0. The molecule has 2 aromatic rings. The summed E-state index contributed by atoms with van der Waals surface area (Å²) >= 11 is 0. The molecule has 0 saturated carbocycles. The van der Waals surface area contributed by atoms with Gasteiger partial charge in [-0.05, 0) is 41.8 Å². The molecule has 1 amide bonds. The monoisotopic (exact) mass is 357 g/mol. The van der Waals surface area contributed by atoms with Gasteiger partial charge in [-0.2, -0.15) is 0 Å². The smallest absolute Gasteiger partial charge is 0.410 e. The Morgan fingerprint density at radius 2 is 1.31 bits per heavy atom. The van der Waals surface area contributed by atoms with Gasteiger partial charge in [0.15, 0.2) is 0 Å². The van der Waals surface area contributed by atoms with Crippen molar-refractivity contribution in [2.75, 3.05) is 20.8 Å². The van der Waals surface area contributed by atoms with Crippen molar-refractivity contribution in [3.63, 3.8) is 0 Å². The summed E-state index contributed by atoms with van der Waals surface area (Å²) in [7, 11) is 3.27. The molecule has 0 unspecified atom stereocenters. The van der Waals surface area contributed by atoms with Crippen molar-refractivity contribution < 1.29 is 19.0 Å². The second-order valence-corrected chi connectivity index (χ2v) is 6.02. The van der Waals surface area contributed by atoms with Gasteiger partial charge in [-0.3, -0.25) is 4.90 Å². The van der Waals surface area contributed by atoms with Crippen LogP contribution in [-0.4, -0.2) is 31.8 Å². The van der Waals surface area contributed by atoms with E-state index in [1.165, 1.54) is 0 Å². The van der Waals surface area contributed by atoms with Gasteiger partial charge in [-0.15, -0.1) is 0 Å². The predicted octanol–water partition coefficient (Wildman–Crippen LogP) is 4.64. The second-order valence-electron chi connectivity index (χ2n) is 6.02. The largest absolute Gasteiger partial charge is 0.497 e. The highest BCUT2D eigenvalue weighted by molar-refractivity contribution is 5.67. The molecule has 0 fully saturated rings. The normalized spacial score (nSPS) is 10.3. The van der Waals surface area contributed by atoms with Gasteiger partial charge >= 0.3 is 6.09 Å². The number of methoxy groups -OCH3 is 2. The van der Waals surface area contributed by atoms with Gasteiger partial charge in [0.25, 0.3) is 0 Å². The molecule has 0 atom stereocenters. The van der Waals surface area contributed by atoms with E-state index < -0.39 is 0 Å². The summed E-state index contributed by atoms with van der Waals surface area (Å²) in [5, 5.41) is 0. The van der Waals surface area contributed by atoms with E-state index in [-0.39, 0.29) is 6.09 Å². The molecule has 2 rings (SSSR count). The van der Waals surface area contributed by atoms with Crippen LogP contribution < -0.4 is 9.47 Å². The minimum atomic E-state index is -0.301. The Morgan fingerprint density at radius 3 is 1.69 bits per heavy atom. The van der Waals surface area contributed by atoms with Crippen molar-refractivity contribution in [2.24, 2.45) is 0 Å². The van der Waals surface area contributed by atoms with Crippen molar-refractivity contribution in [1.29, 1.82) is 0 Å². The molecule has 140 valence electrons. The van der Waals surface area contributed by atoms with E-state index in [0.29, 0.717) is 19.7 Å². The third-order valence-corrected chi connectivity index (χ3v) is 4.05. The zero-order valence-corrected chi connectivity index (χ0v) is 15.7. The average Bonchev–Trinajstić information content (AvgIpc) is 2.68. The van der Waals surface area contributed by atoms with Crippen molar-refractivity contribution in [3.8, 4) is 11.5 Å². The van der Waals surface area contributed by atoms with Gasteiger partial charge in [0.2, 0.25) is 0 Å². The lowest BCUT2D eigenvalue weighted by molar-refractivity contribution is 0.0958. The molecule has 0 aliphatic heterocycles. The van der Waals surface area contributed by atoms with Crippen LogP contribution in [0.1, 0.15) is 30.9 Å². The summed E-state index contributed by atoms with van der Waals surface area (Å²) < 4.78 is 15.8. The Bertz CT molecular complexity index is 618. The number of carbonyl (C=O) groups excluding carboxylic acids is 1. The first-order valence-electron chi connectivity index (χ1n) is 8.83. The van der Waals surface area contributed by atoms with E-state index in [4.69, 9.17) is 14.2 Å². The van der Waals surface area contributed by atoms with Crippen LogP contribution in [0.5, 0.6) is 11.5 Å². The van der Waals surface area contributed by atoms with Gasteiger partial charge in [0, 0.05) is 13.1 Å². The molecule has 0 heterocycles. The van der Waals surface area contributed by atoms with Crippen LogP contribution in [-0.2, 0) is 17.8 Å². The highest BCUT2D eigenvalue weighted by Crippen LogP contribution is 2.17. The zero-order valence-electron chi connectivity index (χ0n) is 15.7. The Kier molecular flexibility index (Phi) is 7.80. The number of unbranched alkanes of at least 4 members (excludes halogenated alkanes) is 1. The van der Waals surface area contributed by atoms with Crippen LogP contribution in [0.15, 0.2) is 48.5 Å². The fraction of sp³-hybridized carbons (Fsp3) is 0.381. The summed E-state index contributed by atoms with van der Waals surface area (Å²) in [6.07, 6.45) is 1.56. The SMILES string of the molecule is CCCCOC(=O)N(Cc1ccc(OC)cc1)Cc1ccc(OC)cc1. The van der Waals surface area contributed by atoms with E-state index in [1.54, 1.807) is 19.1 Å². The van der Waals surface area contributed by atoms with E-state index in [1.807, 2.05) is 48.5 Å². The van der Waals surface area contributed by atoms with Gasteiger partial charge in [-0.25, -0.2) is 4.79 Å². The maximum Gasteiger partial charge on any atom is 0.410 e. The third kappa shape index (κ3) is 5.99. The first kappa shape index (κ1) is 19.6. The van der Waals surface area contributed by atoms with E-state index in [9.17, 15) is 4.79 Å². The van der Waals surface area contributed by atoms with Crippen molar-refractivity contribution in [3.05, 3.63) is 59.7 Å². The van der Waals surface area contributed by atoms with Crippen molar-refractivity contribution in [2.45, 2.75) is 32.9 Å². The highest BCUT2D eigenvalue weighted by atomic mass is 16.6. The average molecular weight is 357 g/mol. The molecule has 0 bridgehead atoms. The third-order valence-electron chi connectivity index (χ3n) is 4.05. The standard InChI is InChI=1S/C21H27NO4/c1-4-5-14-26-21(23)22(15-17-6-10-19(24-2)11-7-17)16-18-8-12-20(25-3)13-9-18/h6-13H,4-5,14-16H2,1-3H3. The van der Waals surface area contributed by atoms with Crippen molar-refractivity contribution >= 4 is 6.09 Å². The Morgan fingerprint density at radius 1 is 0.846 bits per heavy atom. The van der Waals surface area contributed by atoms with Gasteiger partial charge in [-0.1, -0.05) is 37.6 Å². The predicted molar refractivity (Wildman–Crippen MR) is 101 cm³/mol. The number of ether oxygens (including phenoxy) is 3. The molecule has 5 nitrogen and oxygen atoms in total. The Hall–Kier alpha value is -2.69. The topological polar surface area (TPSA) is 48.0 Å². The Balaban J connectivity index is 2.09. The number of hydrogen-bond acceptors (Lipinski definition) is 4. The van der Waals surface area contributed by atoms with Crippen LogP contribution in [0.25, 0.3) is 0 Å². The lowest BCUT2D eigenvalue weighted by Crippen LogP contribution is -2.31. The van der Waals surface area contributed by atoms with Crippen LogP contribution in [0.3, 0.4) is 0 Å². The van der Waals surface area contributed by atoms with E-state index in [2.05, 4.69) is 6.92 Å². The molecule has 0 radical (unpaired) electrons. The number of amides is 1. The number of carbonyl (C=O) groups is 1. The van der Waals surface area contributed by atoms with Crippen molar-refractivity contribution in [1.82, 2.24) is 4.90 Å². The lowest BCUT2D eigenvalue weighted by Gasteiger charge is -2.22. The van der Waals surface area contributed by atoms with Crippen LogP contribution in [0, 0.1) is 0 Å². The molecule has 0 aliphatic rings. The summed E-state index contributed by atoms with van der Waals surface area (Å²) in [4.78, 5) is 14.2. The molecule has 0 aliphatic carbocycles. The molecular formula is C21H27NO4. The molecule has 0 saturated heterocycles. The fourth-order valence-corrected chi connectivity index (χ4v) is 2.48. The van der Waals surface area contributed by atoms with Gasteiger partial charge in [0.1, 0.15) is 11.5 Å². The highest BCUT2D eigenvalue weighted by Gasteiger charge is 2.16. The fourth-order valence-electron chi connectivity index (χ4n) is 2.48. The second kappa shape index (κ2) is 10.3. The number of rotatable bonds is 9. The maximum absolute atomic E-state index is 12.5. The van der Waals surface area contributed by atoms with Gasteiger partial charge in [0.05, 0.1) is 20.8 Å². The maximum atomic E-state index is 12.5. The molecular weight excluding hydrogens is 330 g/mol. The zero-order chi connectivity index (χ0) is 18.8.